The lowest BCUT2D eigenvalue weighted by atomic mass is 10.1. The van der Waals surface area contributed by atoms with Crippen molar-refractivity contribution >= 4 is 0 Å². The summed E-state index contributed by atoms with van der Waals surface area (Å²) in [4.78, 5) is 4.84. The molecule has 1 fully saturated rings. The Morgan fingerprint density at radius 1 is 0.947 bits per heavy atom. The van der Waals surface area contributed by atoms with Gasteiger partial charge in [0, 0.05) is 6.54 Å². The fourth-order valence-electron chi connectivity index (χ4n) is 2.79. The molecule has 1 aromatic rings. The van der Waals surface area contributed by atoms with E-state index in [1.165, 1.54) is 62.9 Å². The van der Waals surface area contributed by atoms with Gasteiger partial charge in [-0.25, -0.2) is 0 Å². The topological polar surface area (TPSA) is 6.48 Å². The second-order valence-corrected chi connectivity index (χ2v) is 6.06. The molecule has 1 saturated heterocycles. The summed E-state index contributed by atoms with van der Waals surface area (Å²) in [5.74, 6) is 0. The van der Waals surface area contributed by atoms with E-state index in [1.54, 1.807) is 0 Å². The van der Waals surface area contributed by atoms with E-state index in [-0.39, 0.29) is 0 Å². The zero-order valence-electron chi connectivity index (χ0n) is 12.6. The first-order valence-electron chi connectivity index (χ1n) is 7.69. The van der Waals surface area contributed by atoms with Crippen molar-refractivity contribution in [2.75, 3.05) is 33.7 Å². The lowest BCUT2D eigenvalue weighted by Crippen LogP contribution is -2.29. The summed E-state index contributed by atoms with van der Waals surface area (Å²) in [7, 11) is 4.28. The van der Waals surface area contributed by atoms with Gasteiger partial charge in [-0.1, -0.05) is 30.7 Å². The van der Waals surface area contributed by atoms with Crippen molar-refractivity contribution in [3.8, 4) is 0 Å². The molecule has 0 aliphatic carbocycles. The predicted octanol–water partition coefficient (Wildman–Crippen LogP) is 3.17. The van der Waals surface area contributed by atoms with Crippen LogP contribution in [0.1, 0.15) is 36.8 Å². The van der Waals surface area contributed by atoms with Gasteiger partial charge >= 0.3 is 0 Å². The fraction of sp³-hybridized carbons (Fsp3) is 0.647. The number of aryl methyl sites for hydroxylation is 1. The summed E-state index contributed by atoms with van der Waals surface area (Å²) in [5.41, 5.74) is 2.95. The first kappa shape index (κ1) is 14.5. The summed E-state index contributed by atoms with van der Waals surface area (Å²) in [6.45, 7) is 4.88. The van der Waals surface area contributed by atoms with Gasteiger partial charge in [0.2, 0.25) is 0 Å². The standard InChI is InChI=1S/C17H28N2/c1-18(2)12-6-7-16-8-10-17(11-9-16)15-19-13-4-3-5-14-19/h8-11H,3-7,12-15H2,1-2H3. The van der Waals surface area contributed by atoms with Crippen molar-refractivity contribution in [3.05, 3.63) is 35.4 Å². The Hall–Kier alpha value is -0.860. The van der Waals surface area contributed by atoms with Crippen molar-refractivity contribution in [1.29, 1.82) is 0 Å². The highest BCUT2D eigenvalue weighted by Crippen LogP contribution is 2.14. The molecule has 1 heterocycles. The van der Waals surface area contributed by atoms with E-state index >= 15 is 0 Å². The van der Waals surface area contributed by atoms with Crippen LogP contribution in [0.4, 0.5) is 0 Å². The van der Waals surface area contributed by atoms with Crippen LogP contribution in [0.15, 0.2) is 24.3 Å². The lowest BCUT2D eigenvalue weighted by molar-refractivity contribution is 0.221. The van der Waals surface area contributed by atoms with Crippen molar-refractivity contribution in [1.82, 2.24) is 9.80 Å². The van der Waals surface area contributed by atoms with Crippen LogP contribution in [0.2, 0.25) is 0 Å². The molecule has 19 heavy (non-hydrogen) atoms. The first-order valence-corrected chi connectivity index (χ1v) is 7.69. The van der Waals surface area contributed by atoms with Gasteiger partial charge in [-0.2, -0.15) is 0 Å². The van der Waals surface area contributed by atoms with Gasteiger partial charge in [-0.05, 0) is 70.5 Å². The van der Waals surface area contributed by atoms with Crippen LogP contribution in [0.5, 0.6) is 0 Å². The predicted molar refractivity (Wildman–Crippen MR) is 82.4 cm³/mol. The molecular formula is C17H28N2. The van der Waals surface area contributed by atoms with Crippen LogP contribution < -0.4 is 0 Å². The minimum atomic E-state index is 1.14. The summed E-state index contributed by atoms with van der Waals surface area (Å²) in [6.07, 6.45) is 6.62. The molecule has 0 atom stereocenters. The Kier molecular flexibility index (Phi) is 5.87. The lowest BCUT2D eigenvalue weighted by Gasteiger charge is -2.26. The molecular weight excluding hydrogens is 232 g/mol. The van der Waals surface area contributed by atoms with Crippen LogP contribution in [0.3, 0.4) is 0 Å². The number of rotatable bonds is 6. The van der Waals surface area contributed by atoms with Gasteiger partial charge in [0.05, 0.1) is 0 Å². The summed E-state index contributed by atoms with van der Waals surface area (Å²) < 4.78 is 0. The molecule has 2 heteroatoms. The summed E-state index contributed by atoms with van der Waals surface area (Å²) >= 11 is 0. The molecule has 1 aliphatic heterocycles. The smallest absolute Gasteiger partial charge is 0.0233 e. The minimum Gasteiger partial charge on any atom is -0.309 e. The molecule has 106 valence electrons. The molecule has 0 bridgehead atoms. The van der Waals surface area contributed by atoms with Crippen molar-refractivity contribution in [3.63, 3.8) is 0 Å². The highest BCUT2D eigenvalue weighted by molar-refractivity contribution is 5.22. The molecule has 1 aromatic carbocycles. The molecule has 0 saturated carbocycles. The summed E-state index contributed by atoms with van der Waals surface area (Å²) in [5, 5.41) is 0. The maximum atomic E-state index is 2.59. The SMILES string of the molecule is CN(C)CCCc1ccc(CN2CCCCC2)cc1. The normalized spacial score (nSPS) is 17.0. The molecule has 0 N–H and O–H groups in total. The number of hydrogen-bond acceptors (Lipinski definition) is 2. The minimum absolute atomic E-state index is 1.14. The van der Waals surface area contributed by atoms with Crippen molar-refractivity contribution in [2.24, 2.45) is 0 Å². The number of piperidine rings is 1. The first-order chi connectivity index (χ1) is 9.24. The van der Waals surface area contributed by atoms with Crippen molar-refractivity contribution < 1.29 is 0 Å². The molecule has 2 rings (SSSR count). The fourth-order valence-corrected chi connectivity index (χ4v) is 2.79. The number of nitrogens with zero attached hydrogens (tertiary/aromatic N) is 2. The second kappa shape index (κ2) is 7.66. The Bertz CT molecular complexity index is 350. The van der Waals surface area contributed by atoms with E-state index < -0.39 is 0 Å². The van der Waals surface area contributed by atoms with Gasteiger partial charge < -0.3 is 4.90 Å². The van der Waals surface area contributed by atoms with E-state index in [0.29, 0.717) is 0 Å². The van der Waals surface area contributed by atoms with E-state index in [9.17, 15) is 0 Å². The van der Waals surface area contributed by atoms with Gasteiger partial charge in [0.1, 0.15) is 0 Å². The third kappa shape index (κ3) is 5.33. The quantitative estimate of drug-likeness (QED) is 0.775. The van der Waals surface area contributed by atoms with Gasteiger partial charge in [-0.3, -0.25) is 4.90 Å². The zero-order chi connectivity index (χ0) is 13.5. The largest absolute Gasteiger partial charge is 0.309 e. The molecule has 0 radical (unpaired) electrons. The number of hydrogen-bond donors (Lipinski definition) is 0. The van der Waals surface area contributed by atoms with Crippen molar-refractivity contribution in [2.45, 2.75) is 38.6 Å². The molecule has 0 aromatic heterocycles. The third-order valence-corrected chi connectivity index (χ3v) is 3.95. The van der Waals surface area contributed by atoms with Crippen LogP contribution in [-0.4, -0.2) is 43.5 Å². The van der Waals surface area contributed by atoms with Gasteiger partial charge in [-0.15, -0.1) is 0 Å². The van der Waals surface area contributed by atoms with Crippen LogP contribution in [-0.2, 0) is 13.0 Å². The maximum Gasteiger partial charge on any atom is 0.0233 e. The maximum absolute atomic E-state index is 2.59. The number of likely N-dealkylation sites (tertiary alicyclic amines) is 1. The zero-order valence-corrected chi connectivity index (χ0v) is 12.6. The Morgan fingerprint density at radius 3 is 2.21 bits per heavy atom. The Balaban J connectivity index is 1.77. The van der Waals surface area contributed by atoms with E-state index in [1.807, 2.05) is 0 Å². The Morgan fingerprint density at radius 2 is 1.58 bits per heavy atom. The number of benzene rings is 1. The van der Waals surface area contributed by atoms with E-state index in [4.69, 9.17) is 0 Å². The van der Waals surface area contributed by atoms with Crippen LogP contribution >= 0.6 is 0 Å². The highest BCUT2D eigenvalue weighted by Gasteiger charge is 2.09. The van der Waals surface area contributed by atoms with E-state index in [0.717, 1.165) is 6.54 Å². The van der Waals surface area contributed by atoms with Gasteiger partial charge in [0.15, 0.2) is 0 Å². The molecule has 2 nitrogen and oxygen atoms in total. The molecule has 1 aliphatic rings. The third-order valence-electron chi connectivity index (χ3n) is 3.95. The summed E-state index contributed by atoms with van der Waals surface area (Å²) in [6, 6.07) is 9.27. The monoisotopic (exact) mass is 260 g/mol. The molecule has 0 amide bonds. The average Bonchev–Trinajstić information content (AvgIpc) is 2.42. The highest BCUT2D eigenvalue weighted by atomic mass is 15.1. The van der Waals surface area contributed by atoms with Gasteiger partial charge in [0.25, 0.3) is 0 Å². The Labute approximate surface area is 118 Å². The van der Waals surface area contributed by atoms with Crippen LogP contribution in [0, 0.1) is 0 Å². The second-order valence-electron chi connectivity index (χ2n) is 6.06. The molecule has 0 spiro atoms. The van der Waals surface area contributed by atoms with Crippen LogP contribution in [0.25, 0.3) is 0 Å². The van der Waals surface area contributed by atoms with E-state index in [2.05, 4.69) is 48.2 Å². The molecule has 0 unspecified atom stereocenters. The average molecular weight is 260 g/mol.